The van der Waals surface area contributed by atoms with Crippen molar-refractivity contribution in [1.82, 2.24) is 14.8 Å². The first-order valence-corrected chi connectivity index (χ1v) is 12.7. The fraction of sp³-hybridized carbons (Fsp3) is 0.400. The molecule has 2 aliphatic rings. The molecule has 35 heavy (non-hydrogen) atoms. The van der Waals surface area contributed by atoms with Crippen molar-refractivity contribution in [3.8, 4) is 11.1 Å². The van der Waals surface area contributed by atoms with E-state index in [1.165, 1.54) is 42.6 Å². The molecule has 5 rings (SSSR count). The Morgan fingerprint density at radius 3 is 2.20 bits per heavy atom. The first-order valence-electron chi connectivity index (χ1n) is 12.7. The standard InChI is InChI=1S/C14H19N3O.C13H12.C2H6.CH4O/c18-14(12-4-3-6-15-10-12)17-8-2-1-7-16-9-5-13(16)11-17;1-11-7-5-6-10-13(11)12-8-3-2-4-9-12;2*1-2/h3-4,6,10,13H,1-2,5,7-9,11H2;2-10H,1H3;1-2H3;2H,1H3. The third-order valence-electron chi connectivity index (χ3n) is 6.25. The van der Waals surface area contributed by atoms with E-state index in [1.54, 1.807) is 12.4 Å². The third kappa shape index (κ3) is 8.30. The van der Waals surface area contributed by atoms with Gasteiger partial charge < -0.3 is 10.0 Å². The Morgan fingerprint density at radius 1 is 0.886 bits per heavy atom. The van der Waals surface area contributed by atoms with E-state index in [4.69, 9.17) is 5.11 Å². The predicted molar refractivity (Wildman–Crippen MR) is 145 cm³/mol. The molecule has 2 aliphatic heterocycles. The van der Waals surface area contributed by atoms with Crippen LogP contribution in [-0.4, -0.2) is 65.1 Å². The molecule has 1 atom stereocenters. The number of hydrogen-bond donors (Lipinski definition) is 1. The van der Waals surface area contributed by atoms with E-state index in [1.807, 2.05) is 36.9 Å². The van der Waals surface area contributed by atoms with Crippen LogP contribution in [0.4, 0.5) is 0 Å². The Hall–Kier alpha value is -3.02. The number of hydrogen-bond acceptors (Lipinski definition) is 4. The lowest BCUT2D eigenvalue weighted by atomic mass is 9.99. The maximum absolute atomic E-state index is 12.4. The number of aliphatic hydroxyl groups is 1. The van der Waals surface area contributed by atoms with Crippen molar-refractivity contribution in [3.05, 3.63) is 90.3 Å². The molecule has 3 heterocycles. The molecule has 1 N–H and O–H groups in total. The molecular weight excluding hydrogens is 434 g/mol. The predicted octanol–water partition coefficient (Wildman–Crippen LogP) is 5.69. The SMILES string of the molecule is CC.CO.Cc1ccccc1-c1ccccc1.O=C(c1cccnc1)N1CCCCN2CCC2C1. The number of pyridine rings is 1. The van der Waals surface area contributed by atoms with E-state index in [9.17, 15) is 4.79 Å². The largest absolute Gasteiger partial charge is 0.400 e. The Labute approximate surface area is 211 Å². The molecule has 3 aromatic rings. The molecule has 0 aliphatic carbocycles. The fourth-order valence-electron chi connectivity index (χ4n) is 4.33. The van der Waals surface area contributed by atoms with E-state index in [0.717, 1.165) is 26.6 Å². The summed E-state index contributed by atoms with van der Waals surface area (Å²) in [4.78, 5) is 21.0. The molecule has 5 heteroatoms. The first-order chi connectivity index (χ1) is 17.2. The zero-order valence-electron chi connectivity index (χ0n) is 21.7. The molecule has 2 saturated heterocycles. The zero-order chi connectivity index (χ0) is 25.5. The van der Waals surface area contributed by atoms with Gasteiger partial charge in [-0.15, -0.1) is 0 Å². The van der Waals surface area contributed by atoms with Crippen LogP contribution in [0.1, 0.15) is 49.0 Å². The van der Waals surface area contributed by atoms with Crippen LogP contribution in [0.15, 0.2) is 79.1 Å². The van der Waals surface area contributed by atoms with Crippen molar-refractivity contribution in [3.63, 3.8) is 0 Å². The highest BCUT2D eigenvalue weighted by atomic mass is 16.2. The van der Waals surface area contributed by atoms with Crippen LogP contribution in [0, 0.1) is 6.92 Å². The number of rotatable bonds is 2. The fourth-order valence-corrected chi connectivity index (χ4v) is 4.33. The Bertz CT molecular complexity index is 979. The number of amides is 1. The normalized spacial score (nSPS) is 16.7. The Balaban J connectivity index is 0.000000225. The smallest absolute Gasteiger partial charge is 0.255 e. The highest BCUT2D eigenvalue weighted by Crippen LogP contribution is 2.23. The molecule has 5 nitrogen and oxygen atoms in total. The average molecular weight is 476 g/mol. The van der Waals surface area contributed by atoms with Gasteiger partial charge in [-0.2, -0.15) is 0 Å². The monoisotopic (exact) mass is 475 g/mol. The number of benzene rings is 2. The topological polar surface area (TPSA) is 56.7 Å². The van der Waals surface area contributed by atoms with Crippen molar-refractivity contribution in [2.75, 3.05) is 33.3 Å². The number of carbonyl (C=O) groups excluding carboxylic acids is 1. The van der Waals surface area contributed by atoms with Crippen LogP contribution in [-0.2, 0) is 0 Å². The van der Waals surface area contributed by atoms with Gasteiger partial charge in [-0.1, -0.05) is 68.4 Å². The Morgan fingerprint density at radius 2 is 1.57 bits per heavy atom. The minimum absolute atomic E-state index is 0.136. The van der Waals surface area contributed by atoms with Crippen LogP contribution >= 0.6 is 0 Å². The maximum atomic E-state index is 12.4. The summed E-state index contributed by atoms with van der Waals surface area (Å²) in [5.74, 6) is 0.136. The van der Waals surface area contributed by atoms with Crippen molar-refractivity contribution in [1.29, 1.82) is 0 Å². The second-order valence-electron chi connectivity index (χ2n) is 8.36. The van der Waals surface area contributed by atoms with Gasteiger partial charge in [-0.25, -0.2) is 0 Å². The lowest BCUT2D eigenvalue weighted by molar-refractivity contribution is 0.0338. The van der Waals surface area contributed by atoms with Gasteiger partial charge in [0.05, 0.1) is 5.56 Å². The molecule has 2 aromatic carbocycles. The van der Waals surface area contributed by atoms with Gasteiger partial charge >= 0.3 is 0 Å². The third-order valence-corrected chi connectivity index (χ3v) is 6.25. The molecule has 0 spiro atoms. The second-order valence-corrected chi connectivity index (χ2v) is 8.36. The van der Waals surface area contributed by atoms with E-state index < -0.39 is 0 Å². The molecule has 0 saturated carbocycles. The van der Waals surface area contributed by atoms with Crippen molar-refractivity contribution in [2.45, 2.75) is 46.1 Å². The summed E-state index contributed by atoms with van der Waals surface area (Å²) >= 11 is 0. The number of nitrogens with zero attached hydrogens (tertiary/aromatic N) is 3. The zero-order valence-corrected chi connectivity index (χ0v) is 21.7. The summed E-state index contributed by atoms with van der Waals surface area (Å²) in [6.45, 7) is 10.3. The van der Waals surface area contributed by atoms with Crippen molar-refractivity contribution >= 4 is 5.91 Å². The van der Waals surface area contributed by atoms with Crippen LogP contribution in [0.2, 0.25) is 0 Å². The van der Waals surface area contributed by atoms with Crippen LogP contribution < -0.4 is 0 Å². The van der Waals surface area contributed by atoms with Gasteiger partial charge in [0.15, 0.2) is 0 Å². The molecule has 0 radical (unpaired) electrons. The molecule has 188 valence electrons. The number of fused-ring (bicyclic) bond motifs is 1. The minimum Gasteiger partial charge on any atom is -0.400 e. The summed E-state index contributed by atoms with van der Waals surface area (Å²) in [5, 5.41) is 7.00. The lowest BCUT2D eigenvalue weighted by Crippen LogP contribution is -2.56. The molecule has 2 fully saturated rings. The Kier molecular flexibility index (Phi) is 12.7. The number of aromatic nitrogens is 1. The summed E-state index contributed by atoms with van der Waals surface area (Å²) in [6, 6.07) is 23.2. The molecule has 1 unspecified atom stereocenters. The van der Waals surface area contributed by atoms with Crippen LogP contribution in [0.3, 0.4) is 0 Å². The van der Waals surface area contributed by atoms with Gasteiger partial charge in [0.25, 0.3) is 5.91 Å². The van der Waals surface area contributed by atoms with Gasteiger partial charge in [0.2, 0.25) is 0 Å². The number of carbonyl (C=O) groups is 1. The van der Waals surface area contributed by atoms with Gasteiger partial charge in [0.1, 0.15) is 0 Å². The molecule has 0 bridgehead atoms. The summed E-state index contributed by atoms with van der Waals surface area (Å²) < 4.78 is 0. The van der Waals surface area contributed by atoms with Gasteiger partial charge in [0, 0.05) is 45.2 Å². The van der Waals surface area contributed by atoms with Crippen LogP contribution in [0.5, 0.6) is 0 Å². The summed E-state index contributed by atoms with van der Waals surface area (Å²) in [6.07, 6.45) is 6.91. The quantitative estimate of drug-likeness (QED) is 0.517. The summed E-state index contributed by atoms with van der Waals surface area (Å²) in [5.41, 5.74) is 4.65. The van der Waals surface area contributed by atoms with Gasteiger partial charge in [-0.3, -0.25) is 14.7 Å². The van der Waals surface area contributed by atoms with Crippen molar-refractivity contribution < 1.29 is 9.90 Å². The number of aryl methyl sites for hydroxylation is 1. The highest BCUT2D eigenvalue weighted by molar-refractivity contribution is 5.93. The molecule has 1 amide bonds. The molecular formula is C30H41N3O2. The molecule has 1 aromatic heterocycles. The van der Waals surface area contributed by atoms with Crippen molar-refractivity contribution in [2.24, 2.45) is 0 Å². The summed E-state index contributed by atoms with van der Waals surface area (Å²) in [7, 11) is 1.00. The van der Waals surface area contributed by atoms with Gasteiger partial charge in [-0.05, 0) is 61.6 Å². The van der Waals surface area contributed by atoms with E-state index in [0.29, 0.717) is 11.6 Å². The number of aliphatic hydroxyl groups excluding tert-OH is 1. The van der Waals surface area contributed by atoms with E-state index >= 15 is 0 Å². The van der Waals surface area contributed by atoms with Crippen LogP contribution in [0.25, 0.3) is 11.1 Å². The maximum Gasteiger partial charge on any atom is 0.255 e. The lowest BCUT2D eigenvalue weighted by Gasteiger charge is -2.45. The highest BCUT2D eigenvalue weighted by Gasteiger charge is 2.32. The average Bonchev–Trinajstić information content (AvgIpc) is 2.92. The second kappa shape index (κ2) is 15.8. The first kappa shape index (κ1) is 28.2. The van der Waals surface area contributed by atoms with E-state index in [2.05, 4.69) is 65.3 Å². The minimum atomic E-state index is 0.136. The van der Waals surface area contributed by atoms with E-state index in [-0.39, 0.29) is 5.91 Å².